The summed E-state index contributed by atoms with van der Waals surface area (Å²) in [6, 6.07) is 9.42. The zero-order valence-electron chi connectivity index (χ0n) is 10.8. The van der Waals surface area contributed by atoms with Crippen molar-refractivity contribution < 1.29 is 19.2 Å². The first-order valence-corrected chi connectivity index (χ1v) is 5.93. The molecule has 0 aliphatic carbocycles. The van der Waals surface area contributed by atoms with Crippen LogP contribution in [0.4, 0.5) is 0 Å². The Morgan fingerprint density at radius 1 is 1.32 bits per heavy atom. The summed E-state index contributed by atoms with van der Waals surface area (Å²) >= 11 is 0. The second-order valence-electron chi connectivity index (χ2n) is 4.10. The van der Waals surface area contributed by atoms with Crippen LogP contribution in [0.25, 0.3) is 0 Å². The maximum atomic E-state index is 11.6. The number of nitrogens with one attached hydrogen (secondary N) is 1. The first kappa shape index (κ1) is 15.1. The van der Waals surface area contributed by atoms with E-state index in [-0.39, 0.29) is 31.6 Å². The maximum Gasteiger partial charge on any atom is 0.310 e. The van der Waals surface area contributed by atoms with E-state index in [0.717, 1.165) is 5.56 Å². The van der Waals surface area contributed by atoms with Crippen molar-refractivity contribution in [1.82, 2.24) is 5.48 Å². The highest BCUT2D eigenvalue weighted by molar-refractivity contribution is 5.75. The van der Waals surface area contributed by atoms with Crippen molar-refractivity contribution in [3.8, 4) is 0 Å². The molecule has 1 atom stereocenters. The summed E-state index contributed by atoms with van der Waals surface area (Å²) in [5, 5.41) is 0. The number of nitrogens with two attached hydrogens (primary N) is 1. The van der Waals surface area contributed by atoms with Crippen LogP contribution in [-0.4, -0.2) is 25.0 Å². The summed E-state index contributed by atoms with van der Waals surface area (Å²) in [4.78, 5) is 26.8. The third-order valence-electron chi connectivity index (χ3n) is 2.33. The molecule has 0 saturated carbocycles. The standard InChI is InChI=1S/C13H18N2O4/c1-10(7-15-19-9-12(14)16)13(17)18-8-11-5-3-2-4-6-11/h2-6,10,15H,7-9H2,1H3,(H2,14,16). The van der Waals surface area contributed by atoms with Gasteiger partial charge in [-0.3, -0.25) is 14.4 Å². The van der Waals surface area contributed by atoms with E-state index in [9.17, 15) is 9.59 Å². The van der Waals surface area contributed by atoms with Gasteiger partial charge < -0.3 is 10.5 Å². The van der Waals surface area contributed by atoms with Gasteiger partial charge in [0.1, 0.15) is 13.2 Å². The molecule has 6 nitrogen and oxygen atoms in total. The fourth-order valence-corrected chi connectivity index (χ4v) is 1.26. The predicted octanol–water partition coefficient (Wildman–Crippen LogP) is 0.372. The highest BCUT2D eigenvalue weighted by Gasteiger charge is 2.14. The van der Waals surface area contributed by atoms with E-state index in [2.05, 4.69) is 5.48 Å². The van der Waals surface area contributed by atoms with E-state index in [1.807, 2.05) is 30.3 Å². The summed E-state index contributed by atoms with van der Waals surface area (Å²) in [6.07, 6.45) is 0. The fraction of sp³-hybridized carbons (Fsp3) is 0.385. The molecule has 0 aliphatic rings. The molecule has 1 unspecified atom stereocenters. The molecule has 0 aliphatic heterocycles. The molecule has 0 heterocycles. The first-order chi connectivity index (χ1) is 9.09. The van der Waals surface area contributed by atoms with Gasteiger partial charge in [-0.1, -0.05) is 37.3 Å². The molecule has 0 spiro atoms. The van der Waals surface area contributed by atoms with E-state index in [4.69, 9.17) is 15.3 Å². The number of carbonyl (C=O) groups excluding carboxylic acids is 2. The topological polar surface area (TPSA) is 90.6 Å². The van der Waals surface area contributed by atoms with Crippen molar-refractivity contribution in [3.05, 3.63) is 35.9 Å². The molecule has 0 radical (unpaired) electrons. The van der Waals surface area contributed by atoms with Gasteiger partial charge in [-0.2, -0.15) is 0 Å². The first-order valence-electron chi connectivity index (χ1n) is 5.93. The van der Waals surface area contributed by atoms with Gasteiger partial charge in [-0.05, 0) is 5.56 Å². The number of esters is 1. The minimum Gasteiger partial charge on any atom is -0.461 e. The summed E-state index contributed by atoms with van der Waals surface area (Å²) in [5.41, 5.74) is 8.31. The average molecular weight is 266 g/mol. The van der Waals surface area contributed by atoms with Gasteiger partial charge in [-0.25, -0.2) is 5.48 Å². The van der Waals surface area contributed by atoms with Crippen LogP contribution in [0.1, 0.15) is 12.5 Å². The monoisotopic (exact) mass is 266 g/mol. The predicted molar refractivity (Wildman–Crippen MR) is 68.6 cm³/mol. The van der Waals surface area contributed by atoms with E-state index in [1.165, 1.54) is 0 Å². The van der Waals surface area contributed by atoms with Crippen LogP contribution < -0.4 is 11.2 Å². The number of ether oxygens (including phenoxy) is 1. The van der Waals surface area contributed by atoms with Crippen molar-refractivity contribution in [2.45, 2.75) is 13.5 Å². The van der Waals surface area contributed by atoms with Crippen LogP contribution in [0, 0.1) is 5.92 Å². The van der Waals surface area contributed by atoms with Crippen LogP contribution in [0.5, 0.6) is 0 Å². The highest BCUT2D eigenvalue weighted by atomic mass is 16.6. The van der Waals surface area contributed by atoms with Gasteiger partial charge in [0, 0.05) is 6.54 Å². The SMILES string of the molecule is CC(CNOCC(N)=O)C(=O)OCc1ccccc1. The molecule has 3 N–H and O–H groups in total. The van der Waals surface area contributed by atoms with Crippen molar-refractivity contribution in [2.75, 3.05) is 13.2 Å². The second kappa shape index (κ2) is 8.23. The summed E-state index contributed by atoms with van der Waals surface area (Å²) in [6.45, 7) is 1.97. The van der Waals surface area contributed by atoms with Gasteiger partial charge in [0.15, 0.2) is 0 Å². The molecule has 1 aromatic carbocycles. The van der Waals surface area contributed by atoms with Gasteiger partial charge in [-0.15, -0.1) is 0 Å². The fourth-order valence-electron chi connectivity index (χ4n) is 1.26. The molecule has 6 heteroatoms. The number of hydroxylamine groups is 1. The van der Waals surface area contributed by atoms with Crippen LogP contribution >= 0.6 is 0 Å². The lowest BCUT2D eigenvalue weighted by atomic mass is 10.2. The lowest BCUT2D eigenvalue weighted by molar-refractivity contribution is -0.150. The third kappa shape index (κ3) is 6.54. The van der Waals surface area contributed by atoms with Gasteiger partial charge in [0.05, 0.1) is 5.92 Å². The van der Waals surface area contributed by atoms with Gasteiger partial charge in [0.2, 0.25) is 5.91 Å². The smallest absolute Gasteiger partial charge is 0.310 e. The van der Waals surface area contributed by atoms with E-state index in [0.29, 0.717) is 0 Å². The lowest BCUT2D eigenvalue weighted by Crippen LogP contribution is -2.31. The summed E-state index contributed by atoms with van der Waals surface area (Å²) < 4.78 is 5.14. The number of hydrogen-bond donors (Lipinski definition) is 2. The van der Waals surface area contributed by atoms with Crippen molar-refractivity contribution in [3.63, 3.8) is 0 Å². The van der Waals surface area contributed by atoms with Crippen molar-refractivity contribution in [2.24, 2.45) is 11.7 Å². The molecular formula is C13H18N2O4. The van der Waals surface area contributed by atoms with Crippen LogP contribution in [-0.2, 0) is 25.8 Å². The molecule has 1 rings (SSSR count). The largest absolute Gasteiger partial charge is 0.461 e. The van der Waals surface area contributed by atoms with Crippen LogP contribution in [0.15, 0.2) is 30.3 Å². The number of amides is 1. The van der Waals surface area contributed by atoms with Crippen LogP contribution in [0.3, 0.4) is 0 Å². The van der Waals surface area contributed by atoms with Crippen molar-refractivity contribution in [1.29, 1.82) is 0 Å². The quantitative estimate of drug-likeness (QED) is 0.403. The Kier molecular flexibility index (Phi) is 6.56. The second-order valence-corrected chi connectivity index (χ2v) is 4.10. The minimum absolute atomic E-state index is 0.230. The normalized spacial score (nSPS) is 11.8. The zero-order valence-corrected chi connectivity index (χ0v) is 10.8. The third-order valence-corrected chi connectivity index (χ3v) is 2.33. The Balaban J connectivity index is 2.20. The summed E-state index contributed by atoms with van der Waals surface area (Å²) in [7, 11) is 0. The van der Waals surface area contributed by atoms with Gasteiger partial charge >= 0.3 is 5.97 Å². The van der Waals surface area contributed by atoms with Crippen molar-refractivity contribution >= 4 is 11.9 Å². The molecule has 104 valence electrons. The Morgan fingerprint density at radius 2 is 2.00 bits per heavy atom. The number of rotatable bonds is 8. The molecule has 0 saturated heterocycles. The molecule has 0 aromatic heterocycles. The Labute approximate surface area is 111 Å². The zero-order chi connectivity index (χ0) is 14.1. The Bertz CT molecular complexity index is 408. The molecule has 19 heavy (non-hydrogen) atoms. The highest BCUT2D eigenvalue weighted by Crippen LogP contribution is 2.04. The number of benzene rings is 1. The van der Waals surface area contributed by atoms with Gasteiger partial charge in [0.25, 0.3) is 0 Å². The molecular weight excluding hydrogens is 248 g/mol. The lowest BCUT2D eigenvalue weighted by Gasteiger charge is -2.12. The molecule has 1 aromatic rings. The Morgan fingerprint density at radius 3 is 2.63 bits per heavy atom. The molecule has 0 bridgehead atoms. The summed E-state index contributed by atoms with van der Waals surface area (Å²) in [5.74, 6) is -1.29. The van der Waals surface area contributed by atoms with E-state index in [1.54, 1.807) is 6.92 Å². The number of hydrogen-bond acceptors (Lipinski definition) is 5. The maximum absolute atomic E-state index is 11.6. The van der Waals surface area contributed by atoms with E-state index >= 15 is 0 Å². The number of carbonyl (C=O) groups is 2. The average Bonchev–Trinajstić information content (AvgIpc) is 2.41. The minimum atomic E-state index is -0.577. The van der Waals surface area contributed by atoms with Crippen LogP contribution in [0.2, 0.25) is 0 Å². The molecule has 1 amide bonds. The molecule has 0 fully saturated rings. The number of primary amides is 1. The Hall–Kier alpha value is -1.92. The van der Waals surface area contributed by atoms with E-state index < -0.39 is 5.91 Å².